The summed E-state index contributed by atoms with van der Waals surface area (Å²) in [5.41, 5.74) is 12.6. The molecule has 20 heavy (non-hydrogen) atoms. The van der Waals surface area contributed by atoms with Crippen LogP contribution in [0.15, 0.2) is 24.3 Å². The van der Waals surface area contributed by atoms with Crippen LogP contribution in [0.25, 0.3) is 0 Å². The largest absolute Gasteiger partial charge is 0.398 e. The third-order valence-electron chi connectivity index (χ3n) is 3.41. The van der Waals surface area contributed by atoms with Gasteiger partial charge in [0.2, 0.25) is 11.8 Å². The van der Waals surface area contributed by atoms with Crippen LogP contribution < -0.4 is 11.5 Å². The summed E-state index contributed by atoms with van der Waals surface area (Å²) in [4.78, 5) is 25.1. The van der Waals surface area contributed by atoms with Crippen LogP contribution in [0.5, 0.6) is 0 Å². The Labute approximate surface area is 119 Å². The number of anilines is 1. The number of nitrogen functional groups attached to an aromatic ring is 1. The van der Waals surface area contributed by atoms with Crippen molar-refractivity contribution >= 4 is 17.5 Å². The van der Waals surface area contributed by atoms with Gasteiger partial charge in [0.1, 0.15) is 0 Å². The third kappa shape index (κ3) is 4.26. The summed E-state index contributed by atoms with van der Waals surface area (Å²) in [7, 11) is 0. The molecule has 0 radical (unpaired) electrons. The van der Waals surface area contributed by atoms with Crippen molar-refractivity contribution in [1.82, 2.24) is 4.90 Å². The maximum absolute atomic E-state index is 12.4. The Hall–Kier alpha value is -2.04. The highest BCUT2D eigenvalue weighted by atomic mass is 16.2. The van der Waals surface area contributed by atoms with Gasteiger partial charge in [0.05, 0.1) is 6.54 Å². The van der Waals surface area contributed by atoms with Gasteiger partial charge < -0.3 is 16.4 Å². The number of para-hydroxylation sites is 1. The molecule has 0 atom stereocenters. The number of nitrogens with two attached hydrogens (primary N) is 2. The molecule has 0 spiro atoms. The van der Waals surface area contributed by atoms with Gasteiger partial charge in [-0.25, -0.2) is 0 Å². The van der Waals surface area contributed by atoms with Crippen LogP contribution in [0.2, 0.25) is 0 Å². The van der Waals surface area contributed by atoms with E-state index in [1.54, 1.807) is 6.07 Å². The summed E-state index contributed by atoms with van der Waals surface area (Å²) >= 11 is 0. The van der Waals surface area contributed by atoms with Crippen LogP contribution in [0.3, 0.4) is 0 Å². The van der Waals surface area contributed by atoms with Gasteiger partial charge in [-0.15, -0.1) is 0 Å². The first-order valence-corrected chi connectivity index (χ1v) is 6.90. The zero-order valence-corrected chi connectivity index (χ0v) is 12.1. The van der Waals surface area contributed by atoms with Crippen molar-refractivity contribution in [2.24, 2.45) is 11.7 Å². The first kappa shape index (κ1) is 16.0. The molecule has 2 amide bonds. The van der Waals surface area contributed by atoms with E-state index < -0.39 is 5.91 Å². The molecule has 5 heteroatoms. The van der Waals surface area contributed by atoms with Crippen LogP contribution in [0.4, 0.5) is 5.69 Å². The summed E-state index contributed by atoms with van der Waals surface area (Å²) in [6.45, 7) is 4.16. The second kappa shape index (κ2) is 7.53. The van der Waals surface area contributed by atoms with E-state index in [0.717, 1.165) is 18.4 Å². The van der Waals surface area contributed by atoms with Crippen LogP contribution in [-0.2, 0) is 16.1 Å². The average molecular weight is 277 g/mol. The molecule has 0 unspecified atom stereocenters. The highest BCUT2D eigenvalue weighted by Gasteiger charge is 2.23. The monoisotopic (exact) mass is 277 g/mol. The van der Waals surface area contributed by atoms with Gasteiger partial charge >= 0.3 is 0 Å². The Morgan fingerprint density at radius 1 is 1.20 bits per heavy atom. The highest BCUT2D eigenvalue weighted by Crippen LogP contribution is 2.17. The molecule has 0 aromatic heterocycles. The lowest BCUT2D eigenvalue weighted by molar-refractivity contribution is -0.139. The Bertz CT molecular complexity index is 470. The van der Waals surface area contributed by atoms with Gasteiger partial charge in [-0.05, 0) is 24.5 Å². The summed E-state index contributed by atoms with van der Waals surface area (Å²) < 4.78 is 0. The predicted molar refractivity (Wildman–Crippen MR) is 79.5 cm³/mol. The van der Waals surface area contributed by atoms with Crippen molar-refractivity contribution in [3.63, 3.8) is 0 Å². The molecule has 1 rings (SSSR count). The van der Waals surface area contributed by atoms with E-state index >= 15 is 0 Å². The number of nitrogens with zero attached hydrogens (tertiary/aromatic N) is 1. The molecule has 0 saturated heterocycles. The Kier molecular flexibility index (Phi) is 6.03. The van der Waals surface area contributed by atoms with Crippen molar-refractivity contribution in [1.29, 1.82) is 0 Å². The molecule has 0 aliphatic heterocycles. The molecular formula is C15H23N3O2. The Balaban J connectivity index is 2.92. The second-order valence-corrected chi connectivity index (χ2v) is 4.87. The van der Waals surface area contributed by atoms with Crippen molar-refractivity contribution in [2.75, 3.05) is 12.3 Å². The fraction of sp³-hybridized carbons (Fsp3) is 0.467. The number of primary amides is 1. The number of rotatable bonds is 7. The highest BCUT2D eigenvalue weighted by molar-refractivity contribution is 5.85. The summed E-state index contributed by atoms with van der Waals surface area (Å²) in [5.74, 6) is -0.643. The quantitative estimate of drug-likeness (QED) is 0.740. The third-order valence-corrected chi connectivity index (χ3v) is 3.41. The molecule has 0 aliphatic carbocycles. The van der Waals surface area contributed by atoms with Crippen molar-refractivity contribution < 1.29 is 9.59 Å². The lowest BCUT2D eigenvalue weighted by atomic mass is 10.0. The van der Waals surface area contributed by atoms with Gasteiger partial charge in [0.15, 0.2) is 0 Å². The van der Waals surface area contributed by atoms with Crippen LogP contribution in [0.1, 0.15) is 32.3 Å². The smallest absolute Gasteiger partial charge is 0.237 e. The zero-order valence-electron chi connectivity index (χ0n) is 12.1. The fourth-order valence-electron chi connectivity index (χ4n) is 2.18. The van der Waals surface area contributed by atoms with Gasteiger partial charge in [0.25, 0.3) is 0 Å². The van der Waals surface area contributed by atoms with Crippen molar-refractivity contribution in [3.8, 4) is 0 Å². The van der Waals surface area contributed by atoms with Crippen molar-refractivity contribution in [2.45, 2.75) is 33.2 Å². The summed E-state index contributed by atoms with van der Waals surface area (Å²) in [6, 6.07) is 7.32. The van der Waals surface area contributed by atoms with Gasteiger partial charge in [0, 0.05) is 18.2 Å². The number of benzene rings is 1. The van der Waals surface area contributed by atoms with Crippen LogP contribution in [0, 0.1) is 5.92 Å². The molecule has 0 bridgehead atoms. The maximum Gasteiger partial charge on any atom is 0.237 e. The number of carbonyl (C=O) groups excluding carboxylic acids is 2. The SMILES string of the molecule is CCC(CC)C(=O)N(CC(N)=O)Cc1ccccc1N. The number of carbonyl (C=O) groups is 2. The van der Waals surface area contributed by atoms with E-state index in [-0.39, 0.29) is 18.4 Å². The second-order valence-electron chi connectivity index (χ2n) is 4.87. The zero-order chi connectivity index (χ0) is 15.1. The molecule has 1 aromatic rings. The standard InChI is InChI=1S/C15H23N3O2/c1-3-11(4-2)15(20)18(10-14(17)19)9-12-7-5-6-8-13(12)16/h5-8,11H,3-4,9-10,16H2,1-2H3,(H2,17,19). The first-order valence-electron chi connectivity index (χ1n) is 6.90. The topological polar surface area (TPSA) is 89.4 Å². The van der Waals surface area contributed by atoms with Gasteiger partial charge in [-0.3, -0.25) is 9.59 Å². The molecule has 4 N–H and O–H groups in total. The lowest BCUT2D eigenvalue weighted by Gasteiger charge is -2.26. The lowest BCUT2D eigenvalue weighted by Crippen LogP contribution is -2.41. The molecule has 0 heterocycles. The van der Waals surface area contributed by atoms with E-state index in [0.29, 0.717) is 12.2 Å². The minimum Gasteiger partial charge on any atom is -0.398 e. The molecule has 110 valence electrons. The van der Waals surface area contributed by atoms with E-state index in [2.05, 4.69) is 0 Å². The number of hydrogen-bond acceptors (Lipinski definition) is 3. The first-order chi connectivity index (χ1) is 9.49. The summed E-state index contributed by atoms with van der Waals surface area (Å²) in [6.07, 6.45) is 1.49. The van der Waals surface area contributed by atoms with Crippen LogP contribution >= 0.6 is 0 Å². The van der Waals surface area contributed by atoms with E-state index in [4.69, 9.17) is 11.5 Å². The van der Waals surface area contributed by atoms with Gasteiger partial charge in [-0.2, -0.15) is 0 Å². The number of hydrogen-bond donors (Lipinski definition) is 2. The molecule has 0 fully saturated rings. The Morgan fingerprint density at radius 2 is 1.80 bits per heavy atom. The maximum atomic E-state index is 12.4. The number of amides is 2. The predicted octanol–water partition coefficient (Wildman–Crippen LogP) is 1.52. The van der Waals surface area contributed by atoms with Crippen molar-refractivity contribution in [3.05, 3.63) is 29.8 Å². The van der Waals surface area contributed by atoms with E-state index in [9.17, 15) is 9.59 Å². The summed E-state index contributed by atoms with van der Waals surface area (Å²) in [5, 5.41) is 0. The fourth-order valence-corrected chi connectivity index (χ4v) is 2.18. The molecule has 5 nitrogen and oxygen atoms in total. The average Bonchev–Trinajstić information content (AvgIpc) is 2.41. The molecule has 0 aliphatic rings. The normalized spacial score (nSPS) is 10.6. The van der Waals surface area contributed by atoms with Crippen LogP contribution in [-0.4, -0.2) is 23.3 Å². The Morgan fingerprint density at radius 3 is 2.30 bits per heavy atom. The van der Waals surface area contributed by atoms with Gasteiger partial charge in [-0.1, -0.05) is 32.0 Å². The molecule has 1 aromatic carbocycles. The van der Waals surface area contributed by atoms with E-state index in [1.165, 1.54) is 4.90 Å². The van der Waals surface area contributed by atoms with E-state index in [1.807, 2.05) is 32.0 Å². The minimum absolute atomic E-state index is 0.0444. The minimum atomic E-state index is -0.515. The molecule has 0 saturated carbocycles. The molecular weight excluding hydrogens is 254 g/mol.